The Labute approximate surface area is 165 Å². The van der Waals surface area contributed by atoms with Crippen molar-refractivity contribution < 1.29 is 16.4 Å². The van der Waals surface area contributed by atoms with Gasteiger partial charge in [-0.1, -0.05) is 0 Å². The van der Waals surface area contributed by atoms with Crippen LogP contribution in [0.25, 0.3) is 12.2 Å². The molecule has 2 aliphatic carbocycles. The van der Waals surface area contributed by atoms with Gasteiger partial charge in [0.05, 0.1) is 0 Å². The van der Waals surface area contributed by atoms with E-state index in [1.165, 1.54) is 22.3 Å². The van der Waals surface area contributed by atoms with Crippen molar-refractivity contribution in [1.82, 2.24) is 0 Å². The van der Waals surface area contributed by atoms with Crippen LogP contribution < -0.4 is 0 Å². The van der Waals surface area contributed by atoms with Gasteiger partial charge < -0.3 is 0 Å². The van der Waals surface area contributed by atoms with Crippen molar-refractivity contribution in [1.29, 1.82) is 0 Å². The summed E-state index contributed by atoms with van der Waals surface area (Å²) >= 11 is -3.89. The van der Waals surface area contributed by atoms with E-state index in [0.717, 1.165) is 21.1 Å². The molecule has 0 spiro atoms. The monoisotopic (exact) mass is 461 g/mol. The summed E-state index contributed by atoms with van der Waals surface area (Å²) in [6, 6.07) is 17.3. The minimum absolute atomic E-state index is 0.257. The van der Waals surface area contributed by atoms with E-state index in [2.05, 4.69) is 79.8 Å². The molecule has 0 amide bonds. The minimum atomic E-state index is -3.89. The van der Waals surface area contributed by atoms with Crippen LogP contribution in [0.2, 0.25) is 8.26 Å². The number of benzene rings is 2. The third-order valence-corrected chi connectivity index (χ3v) is 26.0. The molecule has 0 fully saturated rings. The Morgan fingerprint density at radius 3 is 2.19 bits per heavy atom. The summed E-state index contributed by atoms with van der Waals surface area (Å²) in [5.74, 6) is 0.516. The molecule has 3 heteroatoms. The van der Waals surface area contributed by atoms with Crippen LogP contribution in [0.5, 0.6) is 0 Å². The standard InChI is InChI=1S/C12H13.C9H7.C2H5.2ClH.Zr/c1-2-5-10-8-9-11-6-3-4-7-12(10)11;1-2-5-9-7-3-6-8(9)4-1;1-2;;;/h3-4,6-10H,1-2,5H2;1-7H;1H2,2H3;2*1H;/q;;;;;+2/p-2. The van der Waals surface area contributed by atoms with Gasteiger partial charge in [-0.15, -0.1) is 0 Å². The zero-order valence-electron chi connectivity index (χ0n) is 15.2. The number of allylic oxidation sites excluding steroid dienone is 2. The van der Waals surface area contributed by atoms with Gasteiger partial charge in [0, 0.05) is 0 Å². The molecule has 0 radical (unpaired) electrons. The van der Waals surface area contributed by atoms with Gasteiger partial charge in [-0.2, -0.15) is 0 Å². The number of hydrogen-bond donors (Lipinski definition) is 0. The second-order valence-corrected chi connectivity index (χ2v) is 31.9. The van der Waals surface area contributed by atoms with E-state index in [-0.39, 0.29) is 3.63 Å². The van der Waals surface area contributed by atoms with Crippen LogP contribution in [0.1, 0.15) is 51.6 Å². The van der Waals surface area contributed by atoms with E-state index in [1.807, 2.05) is 0 Å². The average Bonchev–Trinajstić information content (AvgIpc) is 3.27. The van der Waals surface area contributed by atoms with E-state index in [1.54, 1.807) is 0 Å². The normalized spacial score (nSPS) is 22.0. The fraction of sp³-hybridized carbons (Fsp3) is 0.304. The topological polar surface area (TPSA) is 0 Å². The van der Waals surface area contributed by atoms with Crippen molar-refractivity contribution in [2.75, 3.05) is 0 Å². The molecular formula is C23H25Cl2Zr. The Balaban J connectivity index is 1.49. The van der Waals surface area contributed by atoms with Crippen molar-refractivity contribution in [2.24, 2.45) is 0 Å². The van der Waals surface area contributed by atoms with Crippen LogP contribution in [0.15, 0.2) is 60.7 Å². The first-order chi connectivity index (χ1) is 12.5. The fourth-order valence-corrected chi connectivity index (χ4v) is 17.0. The quantitative estimate of drug-likeness (QED) is 0.405. The van der Waals surface area contributed by atoms with Crippen LogP contribution in [0.3, 0.4) is 0 Å². The van der Waals surface area contributed by atoms with Crippen molar-refractivity contribution in [3.63, 3.8) is 0 Å². The zero-order chi connectivity index (χ0) is 18.2. The molecule has 135 valence electrons. The van der Waals surface area contributed by atoms with Crippen molar-refractivity contribution in [3.8, 4) is 0 Å². The first-order valence-electron chi connectivity index (χ1n) is 9.63. The third kappa shape index (κ3) is 3.32. The molecule has 0 saturated carbocycles. The number of halogens is 2. The van der Waals surface area contributed by atoms with Gasteiger partial charge in [0.25, 0.3) is 0 Å². The average molecular weight is 464 g/mol. The van der Waals surface area contributed by atoms with Crippen LogP contribution in [-0.4, -0.2) is 0 Å². The van der Waals surface area contributed by atoms with E-state index >= 15 is 0 Å². The molecular weight excluding hydrogens is 438 g/mol. The molecule has 2 aromatic rings. The van der Waals surface area contributed by atoms with E-state index < -0.39 is 16.4 Å². The summed E-state index contributed by atoms with van der Waals surface area (Å²) in [7, 11) is 14.8. The van der Waals surface area contributed by atoms with Crippen LogP contribution in [0, 0.1) is 0 Å². The zero-order valence-corrected chi connectivity index (χ0v) is 19.1. The van der Waals surface area contributed by atoms with Crippen molar-refractivity contribution >= 4 is 29.2 Å². The predicted octanol–water partition coefficient (Wildman–Crippen LogP) is 8.20. The summed E-state index contributed by atoms with van der Waals surface area (Å²) in [4.78, 5) is 0. The molecule has 0 aromatic heterocycles. The fourth-order valence-electron chi connectivity index (χ4n) is 4.61. The molecule has 26 heavy (non-hydrogen) atoms. The van der Waals surface area contributed by atoms with Gasteiger partial charge in [0.1, 0.15) is 0 Å². The Kier molecular flexibility index (Phi) is 5.10. The van der Waals surface area contributed by atoms with Gasteiger partial charge in [-0.25, -0.2) is 0 Å². The maximum absolute atomic E-state index is 7.40. The molecule has 4 rings (SSSR count). The predicted molar refractivity (Wildman–Crippen MR) is 113 cm³/mol. The molecule has 0 heterocycles. The summed E-state index contributed by atoms with van der Waals surface area (Å²) in [5.41, 5.74) is 5.45. The molecule has 0 N–H and O–H groups in total. The molecule has 2 aromatic carbocycles. The Hall–Kier alpha value is -0.617. The summed E-state index contributed by atoms with van der Waals surface area (Å²) < 4.78 is 2.19. The summed E-state index contributed by atoms with van der Waals surface area (Å²) in [6.45, 7) is 2.20. The number of rotatable bonds is 6. The Morgan fingerprint density at radius 2 is 1.46 bits per heavy atom. The summed E-state index contributed by atoms with van der Waals surface area (Å²) in [6.07, 6.45) is 11.3. The van der Waals surface area contributed by atoms with Gasteiger partial charge in [0.15, 0.2) is 0 Å². The van der Waals surface area contributed by atoms with Gasteiger partial charge in [0.2, 0.25) is 0 Å². The molecule has 2 unspecified atom stereocenters. The van der Waals surface area contributed by atoms with E-state index in [4.69, 9.17) is 17.0 Å². The molecule has 2 atom stereocenters. The van der Waals surface area contributed by atoms with Gasteiger partial charge in [-0.3, -0.25) is 0 Å². The van der Waals surface area contributed by atoms with Gasteiger partial charge in [-0.05, 0) is 0 Å². The molecule has 0 saturated heterocycles. The van der Waals surface area contributed by atoms with Crippen LogP contribution >= 0.6 is 17.0 Å². The molecule has 0 nitrogen and oxygen atoms in total. The third-order valence-electron chi connectivity index (χ3n) is 6.30. The number of hydrogen-bond acceptors (Lipinski definition) is 0. The second-order valence-electron chi connectivity index (χ2n) is 7.79. The first kappa shape index (κ1) is 18.7. The van der Waals surface area contributed by atoms with Gasteiger partial charge >= 0.3 is 166 Å². The Bertz CT molecular complexity index is 881. The maximum atomic E-state index is 7.40. The van der Waals surface area contributed by atoms with Crippen molar-refractivity contribution in [3.05, 3.63) is 82.9 Å². The molecule has 0 aliphatic heterocycles. The van der Waals surface area contributed by atoms with Crippen molar-refractivity contribution in [2.45, 2.75) is 37.6 Å². The molecule has 0 bridgehead atoms. The van der Waals surface area contributed by atoms with Crippen LogP contribution in [0.4, 0.5) is 0 Å². The summed E-state index contributed by atoms with van der Waals surface area (Å²) in [5, 5.41) is 0. The first-order valence-corrected chi connectivity index (χ1v) is 20.9. The molecule has 2 aliphatic rings. The van der Waals surface area contributed by atoms with E-state index in [0.29, 0.717) is 5.92 Å². The second kappa shape index (κ2) is 7.08. The number of fused-ring (bicyclic) bond motifs is 2. The SMILES string of the molecule is C[CH2][Zr]([Cl])([Cl])([CH2]CCC1C=Cc2ccccc21)[CH]1C=Cc2ccccc21. The Morgan fingerprint density at radius 1 is 0.846 bits per heavy atom. The van der Waals surface area contributed by atoms with Crippen LogP contribution in [-0.2, 0) is 16.4 Å². The van der Waals surface area contributed by atoms with E-state index in [9.17, 15) is 0 Å².